The fourth-order valence-corrected chi connectivity index (χ4v) is 10.2. The summed E-state index contributed by atoms with van der Waals surface area (Å²) >= 11 is 0. The van der Waals surface area contributed by atoms with Gasteiger partial charge in [-0.25, -0.2) is 19.4 Å². The van der Waals surface area contributed by atoms with Crippen LogP contribution in [0, 0.1) is 0 Å². The Balaban J connectivity index is 0.914. The summed E-state index contributed by atoms with van der Waals surface area (Å²) in [5.74, 6) is -5.89. The lowest BCUT2D eigenvalue weighted by Gasteiger charge is -2.38. The third-order valence-corrected chi connectivity index (χ3v) is 14.9. The predicted octanol–water partition coefficient (Wildman–Crippen LogP) is 3.32. The molecule has 30 nitrogen and oxygen atoms in total. The first-order chi connectivity index (χ1) is 43.9. The summed E-state index contributed by atoms with van der Waals surface area (Å²) in [4.78, 5) is 154. The summed E-state index contributed by atoms with van der Waals surface area (Å²) in [7, 11) is 0. The van der Waals surface area contributed by atoms with E-state index in [-0.39, 0.29) is 83.6 Å². The fourth-order valence-electron chi connectivity index (χ4n) is 10.2. The zero-order valence-electron chi connectivity index (χ0n) is 51.4. The number of rotatable bonds is 31. The molecule has 1 aromatic heterocycles. The number of imide groups is 1. The average molecular weight is 1280 g/mol. The highest BCUT2D eigenvalue weighted by atomic mass is 16.7. The molecule has 2 fully saturated rings. The smallest absolute Gasteiger partial charge is 0.411 e. The maximum absolute atomic E-state index is 13.9. The third-order valence-electron chi connectivity index (χ3n) is 14.9. The van der Waals surface area contributed by atoms with Crippen LogP contribution in [-0.4, -0.2) is 182 Å². The number of aliphatic carboxylic acids is 1. The number of pyridine rings is 1. The molecule has 4 aromatic rings. The van der Waals surface area contributed by atoms with E-state index in [9.17, 15) is 73.2 Å². The SMILES string of the molecule is CCN(CCON(C(=O)CCCCCCNc1c(Nc2ccncc2)c(=O)c1=O)C1CCCCC1)C(=O)c1cccc(NC(=O)OCc2ccc(O[C@@H]3O[C@H](C(=O)O)[C@@H](O)[C@H](O)[C@H]3O)c(NC(=O)CCNC(=O)C(CNC(=O)OC(C)(C)C)N3C(=O)C=CC3=O)c2)c1. The first-order valence-electron chi connectivity index (χ1n) is 30.3. The van der Waals surface area contributed by atoms with Gasteiger partial charge in [-0.1, -0.05) is 44.2 Å². The minimum Gasteiger partial charge on any atom is -0.479 e. The summed E-state index contributed by atoms with van der Waals surface area (Å²) in [6.07, 6.45) is 0.187. The lowest BCUT2D eigenvalue weighted by Crippen LogP contribution is -2.61. The van der Waals surface area contributed by atoms with Crippen LogP contribution in [0.15, 0.2) is 88.7 Å². The quantitative estimate of drug-likeness (QED) is 0.0149. The van der Waals surface area contributed by atoms with E-state index in [2.05, 4.69) is 36.9 Å². The second-order valence-electron chi connectivity index (χ2n) is 22.9. The number of carbonyl (C=O) groups is 9. The number of aliphatic hydroxyl groups is 3. The molecular formula is C62H78N10O20. The molecule has 3 aromatic carbocycles. The molecule has 0 bridgehead atoms. The first-order valence-corrected chi connectivity index (χ1v) is 30.3. The lowest BCUT2D eigenvalue weighted by molar-refractivity contribution is -0.271. The molecule has 8 amide bonds. The highest BCUT2D eigenvalue weighted by molar-refractivity contribution is 6.15. The number of aliphatic hydroxyl groups excluding tert-OH is 3. The summed E-state index contributed by atoms with van der Waals surface area (Å²) < 4.78 is 21.7. The molecule has 1 unspecified atom stereocenters. The standard InChI is InChI=1S/C62H78N10O20/c1-5-70(30-31-89-72(40-16-9-8-10-17-40)47(76)18-11-6-7-12-26-64-48-49(51(78)50(48)77)67-38-23-27-63-28-24-38)57(83)37-14-13-15-39(33-37)68-61(87)88-35-36-19-20-43(90-59-54(81)52(79)53(80)55(91-59)58(84)85)41(32-36)69-44(73)25-29-65-56(82)42(71-45(74)21-22-46(71)75)34-66-60(86)92-62(2,3)4/h13-15,19-24,27-28,32-33,40,42,52-55,59,64,79-81H,5-12,16-18,25-26,29-31,34-35H2,1-4H3,(H,63,67)(H,65,82)(H,66,86)(H,68,87)(H,69,73)(H,84,85)/t42?,52-,53-,54+,55-,59+/m0/s1. The van der Waals surface area contributed by atoms with E-state index in [0.717, 1.165) is 57.1 Å². The van der Waals surface area contributed by atoms with Gasteiger partial charge in [-0.2, -0.15) is 0 Å². The van der Waals surface area contributed by atoms with E-state index in [0.29, 0.717) is 30.0 Å². The van der Waals surface area contributed by atoms with E-state index < -0.39 is 121 Å². The number of nitrogens with one attached hydrogen (secondary N) is 6. The molecule has 10 N–H and O–H groups in total. The van der Waals surface area contributed by atoms with Gasteiger partial charge in [0.25, 0.3) is 28.6 Å². The van der Waals surface area contributed by atoms with E-state index in [1.807, 2.05) is 0 Å². The molecule has 3 aliphatic rings. The maximum Gasteiger partial charge on any atom is 0.411 e. The van der Waals surface area contributed by atoms with Gasteiger partial charge >= 0.3 is 18.2 Å². The fraction of sp³-hybridized carbons (Fsp3) is 0.484. The largest absolute Gasteiger partial charge is 0.479 e. The van der Waals surface area contributed by atoms with Crippen LogP contribution in [0.1, 0.15) is 114 Å². The van der Waals surface area contributed by atoms with Gasteiger partial charge < -0.3 is 70.9 Å². The second-order valence-corrected chi connectivity index (χ2v) is 22.9. The topological polar surface area (TPSA) is 410 Å². The van der Waals surface area contributed by atoms with E-state index in [1.165, 1.54) is 40.3 Å². The van der Waals surface area contributed by atoms with Gasteiger partial charge in [-0.05, 0) is 101 Å². The van der Waals surface area contributed by atoms with Crippen LogP contribution in [0.4, 0.5) is 38.0 Å². The Labute approximate surface area is 528 Å². The van der Waals surface area contributed by atoms with Crippen molar-refractivity contribution in [1.29, 1.82) is 0 Å². The van der Waals surface area contributed by atoms with Gasteiger partial charge in [-0.3, -0.25) is 58.4 Å². The van der Waals surface area contributed by atoms with Crippen LogP contribution in [0.2, 0.25) is 0 Å². The third kappa shape index (κ3) is 19.6. The summed E-state index contributed by atoms with van der Waals surface area (Å²) in [5, 5.41) is 58.5. The Morgan fingerprint density at radius 1 is 0.772 bits per heavy atom. The van der Waals surface area contributed by atoms with Crippen LogP contribution < -0.4 is 47.5 Å². The molecule has 3 heterocycles. The first kappa shape index (κ1) is 70.1. The number of likely N-dealkylation sites (N-methyl/N-ethyl adjacent to an activating group) is 1. The van der Waals surface area contributed by atoms with Crippen molar-refractivity contribution in [3.8, 4) is 5.75 Å². The van der Waals surface area contributed by atoms with Crippen LogP contribution in [0.3, 0.4) is 0 Å². The van der Waals surface area contributed by atoms with Crippen LogP contribution >= 0.6 is 0 Å². The molecule has 92 heavy (non-hydrogen) atoms. The number of hydroxylamine groups is 2. The molecular weight excluding hydrogens is 1200 g/mol. The van der Waals surface area contributed by atoms with Crippen molar-refractivity contribution < 1.29 is 87.4 Å². The van der Waals surface area contributed by atoms with Gasteiger partial charge in [-0.15, -0.1) is 0 Å². The van der Waals surface area contributed by atoms with Crippen molar-refractivity contribution >= 4 is 82.0 Å². The molecule has 1 saturated heterocycles. The Morgan fingerprint density at radius 2 is 1.48 bits per heavy atom. The number of carboxylic acids is 1. The van der Waals surface area contributed by atoms with Crippen molar-refractivity contribution in [2.24, 2.45) is 0 Å². The Hall–Kier alpha value is -9.36. The minimum atomic E-state index is -2.05. The Morgan fingerprint density at radius 3 is 2.17 bits per heavy atom. The normalized spacial score (nSPS) is 18.5. The Kier molecular flexibility index (Phi) is 25.2. The number of benzene rings is 2. The van der Waals surface area contributed by atoms with Crippen molar-refractivity contribution in [2.45, 2.75) is 153 Å². The summed E-state index contributed by atoms with van der Waals surface area (Å²) in [5.41, 5.74) is -0.529. The predicted molar refractivity (Wildman–Crippen MR) is 329 cm³/mol. The van der Waals surface area contributed by atoms with Crippen molar-refractivity contribution in [2.75, 3.05) is 60.6 Å². The van der Waals surface area contributed by atoms with E-state index >= 15 is 0 Å². The number of carboxylic acid groups (broad SMARTS) is 1. The maximum atomic E-state index is 13.9. The molecule has 496 valence electrons. The van der Waals surface area contributed by atoms with Crippen LogP contribution in [0.5, 0.6) is 5.75 Å². The van der Waals surface area contributed by atoms with Crippen LogP contribution in [0.25, 0.3) is 0 Å². The number of carbonyl (C=O) groups excluding carboxylic acids is 8. The molecule has 2 aliphatic heterocycles. The molecule has 1 saturated carbocycles. The number of hydrogen-bond acceptors (Lipinski definition) is 22. The van der Waals surface area contributed by atoms with Crippen molar-refractivity contribution in [3.05, 3.63) is 111 Å². The molecule has 0 radical (unpaired) electrons. The molecule has 30 heteroatoms. The summed E-state index contributed by atoms with van der Waals surface area (Å²) in [6.45, 7) is 6.10. The zero-order chi connectivity index (χ0) is 66.6. The number of anilines is 5. The Bertz CT molecular complexity index is 3360. The molecule has 1 aliphatic carbocycles. The van der Waals surface area contributed by atoms with Crippen molar-refractivity contribution in [3.63, 3.8) is 0 Å². The number of alkyl carbamates (subject to hydrolysis) is 1. The zero-order valence-corrected chi connectivity index (χ0v) is 51.4. The monoisotopic (exact) mass is 1280 g/mol. The molecule has 7 rings (SSSR count). The van der Waals surface area contributed by atoms with E-state index in [4.69, 9.17) is 23.8 Å². The minimum absolute atomic E-state index is 0.0298. The lowest BCUT2D eigenvalue weighted by atomic mass is 9.95. The highest BCUT2D eigenvalue weighted by Gasteiger charge is 2.48. The highest BCUT2D eigenvalue weighted by Crippen LogP contribution is 2.32. The van der Waals surface area contributed by atoms with E-state index in [1.54, 1.807) is 64.4 Å². The number of ether oxygens (including phenoxy) is 4. The number of hydrogen-bond donors (Lipinski definition) is 10. The van der Waals surface area contributed by atoms with Gasteiger partial charge in [0.1, 0.15) is 53.7 Å². The molecule has 6 atom stereocenters. The van der Waals surface area contributed by atoms with Crippen molar-refractivity contribution in [1.82, 2.24) is 30.5 Å². The van der Waals surface area contributed by atoms with Crippen LogP contribution in [-0.2, 0) is 54.4 Å². The average Bonchev–Trinajstić information content (AvgIpc) is 0.966. The number of unbranched alkanes of at least 4 members (excludes halogenated alkanes) is 3. The van der Waals surface area contributed by atoms with Gasteiger partial charge in [0.15, 0.2) is 6.10 Å². The number of nitrogens with zero attached hydrogens (tertiary/aromatic N) is 4. The summed E-state index contributed by atoms with van der Waals surface area (Å²) in [6, 6.07) is 11.7. The van der Waals surface area contributed by atoms with Gasteiger partial charge in [0, 0.05) is 80.5 Å². The van der Waals surface area contributed by atoms with Gasteiger partial charge in [0.05, 0.1) is 24.9 Å². The van der Waals surface area contributed by atoms with Gasteiger partial charge in [0.2, 0.25) is 24.0 Å². The number of aromatic nitrogens is 1. The molecule has 0 spiro atoms. The second kappa shape index (κ2) is 33.1. The number of amides is 8.